The zero-order chi connectivity index (χ0) is 13.1. The van der Waals surface area contributed by atoms with E-state index >= 15 is 0 Å². The molecular formula is C15H25N3. The summed E-state index contributed by atoms with van der Waals surface area (Å²) < 4.78 is 0. The Balaban J connectivity index is 2.02. The summed E-state index contributed by atoms with van der Waals surface area (Å²) in [5.41, 5.74) is 4.11. The van der Waals surface area contributed by atoms with Crippen LogP contribution in [0.2, 0.25) is 0 Å². The second-order valence-electron chi connectivity index (χ2n) is 5.51. The summed E-state index contributed by atoms with van der Waals surface area (Å²) in [5, 5.41) is 3.60. The van der Waals surface area contributed by atoms with E-state index in [9.17, 15) is 0 Å². The van der Waals surface area contributed by atoms with Crippen LogP contribution in [0.5, 0.6) is 0 Å². The van der Waals surface area contributed by atoms with Gasteiger partial charge in [0.05, 0.1) is 0 Å². The third-order valence-corrected chi connectivity index (χ3v) is 3.94. The van der Waals surface area contributed by atoms with Crippen LogP contribution in [0.25, 0.3) is 0 Å². The standard InChI is InChI=1S/C15H25N3/c1-12-6-5-7-15(13(12)2)18(4)11-14-10-17(3)9-8-16-14/h5-7,14,16H,8-11H2,1-4H3. The lowest BCUT2D eigenvalue weighted by atomic mass is 10.1. The van der Waals surface area contributed by atoms with Crippen LogP contribution >= 0.6 is 0 Å². The van der Waals surface area contributed by atoms with Crippen molar-refractivity contribution < 1.29 is 0 Å². The third kappa shape index (κ3) is 3.03. The highest BCUT2D eigenvalue weighted by atomic mass is 15.2. The number of rotatable bonds is 3. The van der Waals surface area contributed by atoms with Gasteiger partial charge < -0.3 is 15.1 Å². The summed E-state index contributed by atoms with van der Waals surface area (Å²) in [4.78, 5) is 4.78. The van der Waals surface area contributed by atoms with E-state index in [1.54, 1.807) is 0 Å². The van der Waals surface area contributed by atoms with Gasteiger partial charge in [-0.25, -0.2) is 0 Å². The van der Waals surface area contributed by atoms with Gasteiger partial charge in [-0.15, -0.1) is 0 Å². The average molecular weight is 247 g/mol. The maximum Gasteiger partial charge on any atom is 0.0396 e. The first-order valence-corrected chi connectivity index (χ1v) is 6.77. The van der Waals surface area contributed by atoms with E-state index in [0.717, 1.165) is 26.2 Å². The molecule has 0 aromatic heterocycles. The van der Waals surface area contributed by atoms with E-state index in [-0.39, 0.29) is 0 Å². The van der Waals surface area contributed by atoms with Gasteiger partial charge in [-0.3, -0.25) is 0 Å². The molecule has 3 heteroatoms. The van der Waals surface area contributed by atoms with E-state index in [1.165, 1.54) is 16.8 Å². The van der Waals surface area contributed by atoms with E-state index in [1.807, 2.05) is 0 Å². The Morgan fingerprint density at radius 3 is 2.89 bits per heavy atom. The minimum absolute atomic E-state index is 0.564. The summed E-state index contributed by atoms with van der Waals surface area (Å²) >= 11 is 0. The lowest BCUT2D eigenvalue weighted by molar-refractivity contribution is 0.241. The average Bonchev–Trinajstić information content (AvgIpc) is 2.32. The SMILES string of the molecule is Cc1cccc(N(C)CC2CN(C)CCN2)c1C. The Bertz CT molecular complexity index is 403. The molecule has 2 rings (SSSR count). The molecule has 0 saturated carbocycles. The molecule has 1 unspecified atom stereocenters. The maximum atomic E-state index is 3.60. The van der Waals surface area contributed by atoms with Crippen molar-refractivity contribution in [2.24, 2.45) is 0 Å². The topological polar surface area (TPSA) is 18.5 Å². The Kier molecular flexibility index (Phi) is 4.25. The Morgan fingerprint density at radius 1 is 1.39 bits per heavy atom. The molecule has 1 fully saturated rings. The van der Waals surface area contributed by atoms with Gasteiger partial charge in [-0.05, 0) is 38.1 Å². The van der Waals surface area contributed by atoms with Crippen LogP contribution in [-0.4, -0.2) is 51.2 Å². The summed E-state index contributed by atoms with van der Waals surface area (Å²) in [6.07, 6.45) is 0. The zero-order valence-corrected chi connectivity index (χ0v) is 12.0. The number of hydrogen-bond acceptors (Lipinski definition) is 3. The van der Waals surface area contributed by atoms with E-state index in [0.29, 0.717) is 6.04 Å². The quantitative estimate of drug-likeness (QED) is 0.876. The van der Waals surface area contributed by atoms with Crippen LogP contribution in [0.4, 0.5) is 5.69 Å². The maximum absolute atomic E-state index is 3.60. The first kappa shape index (κ1) is 13.4. The highest BCUT2D eigenvalue weighted by Gasteiger charge is 2.18. The predicted octanol–water partition coefficient (Wildman–Crippen LogP) is 1.64. The number of aryl methyl sites for hydroxylation is 1. The second-order valence-corrected chi connectivity index (χ2v) is 5.51. The van der Waals surface area contributed by atoms with Crippen molar-refractivity contribution in [1.29, 1.82) is 0 Å². The Hall–Kier alpha value is -1.06. The lowest BCUT2D eigenvalue weighted by Gasteiger charge is -2.34. The molecule has 1 saturated heterocycles. The first-order valence-electron chi connectivity index (χ1n) is 6.77. The highest BCUT2D eigenvalue weighted by molar-refractivity contribution is 5.55. The van der Waals surface area contributed by atoms with Crippen molar-refractivity contribution in [2.75, 3.05) is 45.2 Å². The number of hydrogen-bond donors (Lipinski definition) is 1. The summed E-state index contributed by atoms with van der Waals surface area (Å²) in [6, 6.07) is 7.11. The van der Waals surface area contributed by atoms with Crippen LogP contribution < -0.4 is 10.2 Å². The van der Waals surface area contributed by atoms with Gasteiger partial charge in [0.25, 0.3) is 0 Å². The molecular weight excluding hydrogens is 222 g/mol. The molecule has 0 spiro atoms. The van der Waals surface area contributed by atoms with Crippen LogP contribution in [0, 0.1) is 13.8 Å². The molecule has 1 N–H and O–H groups in total. The number of nitrogens with one attached hydrogen (secondary N) is 1. The summed E-state index contributed by atoms with van der Waals surface area (Å²) in [7, 11) is 4.39. The van der Waals surface area contributed by atoms with Crippen molar-refractivity contribution in [1.82, 2.24) is 10.2 Å². The zero-order valence-electron chi connectivity index (χ0n) is 12.0. The fraction of sp³-hybridized carbons (Fsp3) is 0.600. The number of nitrogens with zero attached hydrogens (tertiary/aromatic N) is 2. The lowest BCUT2D eigenvalue weighted by Crippen LogP contribution is -2.53. The molecule has 0 amide bonds. The van der Waals surface area contributed by atoms with Gasteiger partial charge in [0.15, 0.2) is 0 Å². The largest absolute Gasteiger partial charge is 0.373 e. The number of likely N-dealkylation sites (N-methyl/N-ethyl adjacent to an activating group) is 2. The van der Waals surface area contributed by atoms with Crippen molar-refractivity contribution in [3.05, 3.63) is 29.3 Å². The molecule has 1 aliphatic heterocycles. The molecule has 0 aliphatic carbocycles. The van der Waals surface area contributed by atoms with Gasteiger partial charge >= 0.3 is 0 Å². The first-order chi connectivity index (χ1) is 8.58. The number of anilines is 1. The normalized spacial score (nSPS) is 21.0. The van der Waals surface area contributed by atoms with Gasteiger partial charge in [-0.2, -0.15) is 0 Å². The fourth-order valence-electron chi connectivity index (χ4n) is 2.69. The predicted molar refractivity (Wildman–Crippen MR) is 78.5 cm³/mol. The van der Waals surface area contributed by atoms with Gasteiger partial charge in [0, 0.05) is 45.0 Å². The summed E-state index contributed by atoms with van der Waals surface area (Å²) in [5.74, 6) is 0. The third-order valence-electron chi connectivity index (χ3n) is 3.94. The Morgan fingerprint density at radius 2 is 2.17 bits per heavy atom. The molecule has 1 aromatic carbocycles. The molecule has 3 nitrogen and oxygen atoms in total. The van der Waals surface area contributed by atoms with Crippen molar-refractivity contribution >= 4 is 5.69 Å². The molecule has 18 heavy (non-hydrogen) atoms. The van der Waals surface area contributed by atoms with Crippen molar-refractivity contribution in [3.63, 3.8) is 0 Å². The number of benzene rings is 1. The molecule has 0 radical (unpaired) electrons. The van der Waals surface area contributed by atoms with E-state index < -0.39 is 0 Å². The van der Waals surface area contributed by atoms with Gasteiger partial charge in [0.2, 0.25) is 0 Å². The van der Waals surface area contributed by atoms with Crippen LogP contribution in [0.15, 0.2) is 18.2 Å². The minimum Gasteiger partial charge on any atom is -0.373 e. The summed E-state index contributed by atoms with van der Waals surface area (Å²) in [6.45, 7) is 8.84. The number of piperazine rings is 1. The smallest absolute Gasteiger partial charge is 0.0396 e. The Labute approximate surface area is 111 Å². The van der Waals surface area contributed by atoms with Gasteiger partial charge in [0.1, 0.15) is 0 Å². The van der Waals surface area contributed by atoms with Crippen LogP contribution in [0.3, 0.4) is 0 Å². The minimum atomic E-state index is 0.564. The molecule has 1 atom stereocenters. The molecule has 100 valence electrons. The monoisotopic (exact) mass is 247 g/mol. The van der Waals surface area contributed by atoms with Gasteiger partial charge in [-0.1, -0.05) is 12.1 Å². The highest BCUT2D eigenvalue weighted by Crippen LogP contribution is 2.21. The second kappa shape index (κ2) is 5.72. The van der Waals surface area contributed by atoms with Crippen LogP contribution in [0.1, 0.15) is 11.1 Å². The molecule has 0 bridgehead atoms. The molecule has 1 heterocycles. The molecule has 1 aromatic rings. The molecule has 1 aliphatic rings. The van der Waals surface area contributed by atoms with Crippen molar-refractivity contribution in [2.45, 2.75) is 19.9 Å². The van der Waals surface area contributed by atoms with E-state index in [4.69, 9.17) is 0 Å². The van der Waals surface area contributed by atoms with E-state index in [2.05, 4.69) is 61.3 Å². The fourth-order valence-corrected chi connectivity index (χ4v) is 2.69. The van der Waals surface area contributed by atoms with Crippen molar-refractivity contribution in [3.8, 4) is 0 Å². The van der Waals surface area contributed by atoms with Crippen LogP contribution in [-0.2, 0) is 0 Å².